The lowest BCUT2D eigenvalue weighted by Crippen LogP contribution is -2.43. The van der Waals surface area contributed by atoms with Gasteiger partial charge < -0.3 is 5.32 Å². The summed E-state index contributed by atoms with van der Waals surface area (Å²) in [6, 6.07) is 0. The summed E-state index contributed by atoms with van der Waals surface area (Å²) < 4.78 is 0. The third-order valence-corrected chi connectivity index (χ3v) is 2.64. The lowest BCUT2D eigenvalue weighted by molar-refractivity contribution is 0.483. The summed E-state index contributed by atoms with van der Waals surface area (Å²) in [5.41, 5.74) is 1.46. The summed E-state index contributed by atoms with van der Waals surface area (Å²) in [7, 11) is 0. The first-order valence-corrected chi connectivity index (χ1v) is 4.88. The maximum atomic E-state index is 3.45. The molecule has 0 aromatic carbocycles. The number of allylic oxidation sites excluding steroid dienone is 4. The molecule has 13 heavy (non-hydrogen) atoms. The van der Waals surface area contributed by atoms with E-state index < -0.39 is 0 Å². The fourth-order valence-electron chi connectivity index (χ4n) is 2.00. The maximum absolute atomic E-state index is 3.45. The molecule has 1 nitrogen and oxygen atoms in total. The minimum absolute atomic E-state index is 0.0816. The molecule has 0 saturated heterocycles. The maximum Gasteiger partial charge on any atom is 0.0807 e. The monoisotopic (exact) mass is 173 g/mol. The van der Waals surface area contributed by atoms with Crippen LogP contribution in [0.4, 0.5) is 0 Å². The highest BCUT2D eigenvalue weighted by atomic mass is 15.0. The molecule has 0 aromatic rings. The van der Waals surface area contributed by atoms with Crippen LogP contribution in [-0.4, -0.2) is 5.54 Å². The molecule has 1 aliphatic heterocycles. The van der Waals surface area contributed by atoms with Crippen LogP contribution < -0.4 is 5.32 Å². The Hall–Kier alpha value is -1.24. The molecule has 2 aliphatic rings. The van der Waals surface area contributed by atoms with Crippen molar-refractivity contribution in [1.82, 2.24) is 5.32 Å². The largest absolute Gasteiger partial charge is 0.378 e. The molecular formula is C12H15N. The van der Waals surface area contributed by atoms with Crippen LogP contribution in [0.25, 0.3) is 0 Å². The Kier molecular flexibility index (Phi) is 2.09. The Morgan fingerprint density at radius 2 is 2.23 bits per heavy atom. The summed E-state index contributed by atoms with van der Waals surface area (Å²) in [6.45, 7) is 2.22. The van der Waals surface area contributed by atoms with Gasteiger partial charge in [-0.3, -0.25) is 0 Å². The van der Waals surface area contributed by atoms with Gasteiger partial charge in [-0.15, -0.1) is 0 Å². The minimum atomic E-state index is 0.0816. The van der Waals surface area contributed by atoms with Crippen molar-refractivity contribution >= 4 is 0 Å². The number of hydrogen-bond donors (Lipinski definition) is 1. The molecule has 0 radical (unpaired) electrons. The number of rotatable bonds is 2. The van der Waals surface area contributed by atoms with E-state index in [1.165, 1.54) is 12.0 Å². The molecule has 0 saturated carbocycles. The second kappa shape index (κ2) is 3.25. The summed E-state index contributed by atoms with van der Waals surface area (Å²) in [5.74, 6) is 0. The van der Waals surface area contributed by atoms with Crippen LogP contribution in [0.5, 0.6) is 0 Å². The Morgan fingerprint density at radius 1 is 1.31 bits per heavy atom. The Morgan fingerprint density at radius 3 is 3.08 bits per heavy atom. The van der Waals surface area contributed by atoms with Gasteiger partial charge in [0.25, 0.3) is 0 Å². The lowest BCUT2D eigenvalue weighted by atomic mass is 9.81. The van der Waals surface area contributed by atoms with Crippen molar-refractivity contribution < 1.29 is 0 Å². The molecule has 1 heteroatoms. The van der Waals surface area contributed by atoms with Gasteiger partial charge >= 0.3 is 0 Å². The first-order chi connectivity index (χ1) is 6.37. The topological polar surface area (TPSA) is 12.0 Å². The van der Waals surface area contributed by atoms with Crippen molar-refractivity contribution in [1.29, 1.82) is 0 Å². The van der Waals surface area contributed by atoms with Gasteiger partial charge in [-0.1, -0.05) is 43.7 Å². The fourth-order valence-corrected chi connectivity index (χ4v) is 2.00. The van der Waals surface area contributed by atoms with E-state index in [2.05, 4.69) is 48.7 Å². The van der Waals surface area contributed by atoms with E-state index in [0.717, 1.165) is 6.42 Å². The van der Waals surface area contributed by atoms with Gasteiger partial charge in [0.1, 0.15) is 0 Å². The average molecular weight is 173 g/mol. The molecule has 1 aliphatic carbocycles. The molecule has 0 fully saturated rings. The zero-order valence-electron chi connectivity index (χ0n) is 7.96. The molecule has 0 bridgehead atoms. The number of hydrogen-bond acceptors (Lipinski definition) is 1. The first kappa shape index (κ1) is 8.36. The van der Waals surface area contributed by atoms with E-state index in [0.29, 0.717) is 0 Å². The standard InChI is InChI=1S/C12H15N/c1-2-8-12-9-4-3-6-11(12)7-5-10-13-12/h3-7,9-10,13H,2,8H2,1H3. The van der Waals surface area contributed by atoms with E-state index in [-0.39, 0.29) is 5.54 Å². The molecular weight excluding hydrogens is 158 g/mol. The molecule has 68 valence electrons. The Balaban J connectivity index is 2.34. The Bertz CT molecular complexity index is 307. The van der Waals surface area contributed by atoms with Gasteiger partial charge in [0.2, 0.25) is 0 Å². The van der Waals surface area contributed by atoms with Crippen molar-refractivity contribution in [2.24, 2.45) is 0 Å². The highest BCUT2D eigenvalue weighted by Crippen LogP contribution is 2.30. The van der Waals surface area contributed by atoms with E-state index >= 15 is 0 Å². The molecule has 0 spiro atoms. The van der Waals surface area contributed by atoms with Gasteiger partial charge in [0, 0.05) is 0 Å². The number of dihydropyridines is 1. The van der Waals surface area contributed by atoms with Crippen LogP contribution in [0.1, 0.15) is 19.8 Å². The van der Waals surface area contributed by atoms with Crippen molar-refractivity contribution in [3.63, 3.8) is 0 Å². The summed E-state index contributed by atoms with van der Waals surface area (Å²) in [4.78, 5) is 0. The van der Waals surface area contributed by atoms with Crippen LogP contribution in [0.2, 0.25) is 0 Å². The molecule has 1 N–H and O–H groups in total. The molecule has 1 unspecified atom stereocenters. The second-order valence-electron chi connectivity index (χ2n) is 3.57. The summed E-state index contributed by atoms with van der Waals surface area (Å²) >= 11 is 0. The highest BCUT2D eigenvalue weighted by molar-refractivity contribution is 5.46. The zero-order valence-corrected chi connectivity index (χ0v) is 7.96. The van der Waals surface area contributed by atoms with Crippen molar-refractivity contribution in [2.45, 2.75) is 25.3 Å². The average Bonchev–Trinajstić information content (AvgIpc) is 2.18. The van der Waals surface area contributed by atoms with Gasteiger partial charge in [0.15, 0.2) is 0 Å². The molecule has 2 rings (SSSR count). The molecule has 1 heterocycles. The van der Waals surface area contributed by atoms with Crippen LogP contribution in [0.15, 0.2) is 48.2 Å². The van der Waals surface area contributed by atoms with Gasteiger partial charge in [0.05, 0.1) is 5.54 Å². The molecule has 0 aromatic heterocycles. The first-order valence-electron chi connectivity index (χ1n) is 4.88. The summed E-state index contributed by atoms with van der Waals surface area (Å²) in [6.07, 6.45) is 17.3. The third kappa shape index (κ3) is 1.35. The van der Waals surface area contributed by atoms with Crippen LogP contribution in [-0.2, 0) is 0 Å². The van der Waals surface area contributed by atoms with Gasteiger partial charge in [-0.05, 0) is 24.3 Å². The van der Waals surface area contributed by atoms with E-state index in [1.54, 1.807) is 0 Å². The van der Waals surface area contributed by atoms with Crippen LogP contribution >= 0.6 is 0 Å². The van der Waals surface area contributed by atoms with Crippen LogP contribution in [0, 0.1) is 0 Å². The van der Waals surface area contributed by atoms with Crippen LogP contribution in [0.3, 0.4) is 0 Å². The summed E-state index contributed by atoms with van der Waals surface area (Å²) in [5, 5.41) is 3.45. The zero-order chi connectivity index (χ0) is 9.15. The quantitative estimate of drug-likeness (QED) is 0.677. The van der Waals surface area contributed by atoms with Gasteiger partial charge in [-0.2, -0.15) is 0 Å². The smallest absolute Gasteiger partial charge is 0.0807 e. The number of fused-ring (bicyclic) bond motifs is 1. The normalized spacial score (nSPS) is 29.5. The van der Waals surface area contributed by atoms with E-state index in [4.69, 9.17) is 0 Å². The van der Waals surface area contributed by atoms with Gasteiger partial charge in [-0.25, -0.2) is 0 Å². The Labute approximate surface area is 79.5 Å². The van der Waals surface area contributed by atoms with E-state index in [1.807, 2.05) is 6.20 Å². The second-order valence-corrected chi connectivity index (χ2v) is 3.57. The van der Waals surface area contributed by atoms with Crippen molar-refractivity contribution in [3.05, 3.63) is 48.2 Å². The fraction of sp³-hybridized carbons (Fsp3) is 0.333. The highest BCUT2D eigenvalue weighted by Gasteiger charge is 2.30. The molecule has 1 atom stereocenters. The lowest BCUT2D eigenvalue weighted by Gasteiger charge is -2.36. The van der Waals surface area contributed by atoms with Crippen molar-refractivity contribution in [3.8, 4) is 0 Å². The van der Waals surface area contributed by atoms with E-state index in [9.17, 15) is 0 Å². The third-order valence-electron chi connectivity index (χ3n) is 2.64. The molecule has 0 amide bonds. The predicted octanol–water partition coefficient (Wildman–Crippen LogP) is 2.69. The SMILES string of the molecule is CCCC12C=CC=CC1=CC=CN2. The predicted molar refractivity (Wildman–Crippen MR) is 56.3 cm³/mol. The number of nitrogens with one attached hydrogen (secondary N) is 1. The van der Waals surface area contributed by atoms with Crippen molar-refractivity contribution in [2.75, 3.05) is 0 Å². The minimum Gasteiger partial charge on any atom is -0.378 e.